The van der Waals surface area contributed by atoms with Crippen molar-refractivity contribution in [3.05, 3.63) is 17.5 Å². The lowest BCUT2D eigenvalue weighted by Gasteiger charge is -2.23. The largest absolute Gasteiger partial charge is 0.310 e. The molecule has 1 aromatic rings. The Balaban J connectivity index is 2.73. The highest BCUT2D eigenvalue weighted by Crippen LogP contribution is 2.26. The molecule has 0 bridgehead atoms. The predicted octanol–water partition coefficient (Wildman–Crippen LogP) is 3.45. The van der Waals surface area contributed by atoms with Gasteiger partial charge in [-0.1, -0.05) is 27.7 Å². The van der Waals surface area contributed by atoms with Crippen molar-refractivity contribution >= 4 is 0 Å². The summed E-state index contributed by atoms with van der Waals surface area (Å²) < 4.78 is 1.97. The SMILES string of the molecule is CCNC(CC(C)CC(C)C)c1cnn(C)c1C. The minimum Gasteiger partial charge on any atom is -0.310 e. The highest BCUT2D eigenvalue weighted by atomic mass is 15.3. The highest BCUT2D eigenvalue weighted by Gasteiger charge is 2.19. The smallest absolute Gasteiger partial charge is 0.0540 e. The van der Waals surface area contributed by atoms with Gasteiger partial charge in [-0.05, 0) is 38.1 Å². The van der Waals surface area contributed by atoms with E-state index < -0.39 is 0 Å². The third-order valence-electron chi connectivity index (χ3n) is 3.61. The Morgan fingerprint density at radius 3 is 2.39 bits per heavy atom. The average Bonchev–Trinajstić information content (AvgIpc) is 2.58. The third kappa shape index (κ3) is 4.13. The number of hydrogen-bond acceptors (Lipinski definition) is 2. The summed E-state index contributed by atoms with van der Waals surface area (Å²) >= 11 is 0. The molecule has 2 atom stereocenters. The van der Waals surface area contributed by atoms with Crippen LogP contribution in [0.4, 0.5) is 0 Å². The fourth-order valence-corrected chi connectivity index (χ4v) is 2.73. The molecule has 0 saturated carbocycles. The topological polar surface area (TPSA) is 29.9 Å². The maximum atomic E-state index is 4.36. The lowest BCUT2D eigenvalue weighted by molar-refractivity contribution is 0.358. The van der Waals surface area contributed by atoms with Gasteiger partial charge >= 0.3 is 0 Å². The summed E-state index contributed by atoms with van der Waals surface area (Å²) in [5.74, 6) is 1.52. The molecule has 1 rings (SSSR count). The van der Waals surface area contributed by atoms with Crippen LogP contribution in [0, 0.1) is 18.8 Å². The van der Waals surface area contributed by atoms with Gasteiger partial charge in [0.15, 0.2) is 0 Å². The van der Waals surface area contributed by atoms with Gasteiger partial charge in [-0.15, -0.1) is 0 Å². The zero-order chi connectivity index (χ0) is 13.7. The molecule has 3 heteroatoms. The van der Waals surface area contributed by atoms with Crippen LogP contribution in [0.2, 0.25) is 0 Å². The standard InChI is InChI=1S/C15H29N3/c1-7-16-15(9-12(4)8-11(2)3)14-10-17-18(6)13(14)5/h10-12,15-16H,7-9H2,1-6H3. The van der Waals surface area contributed by atoms with E-state index in [9.17, 15) is 0 Å². The highest BCUT2D eigenvalue weighted by molar-refractivity contribution is 5.20. The maximum absolute atomic E-state index is 4.36. The van der Waals surface area contributed by atoms with Gasteiger partial charge < -0.3 is 5.32 Å². The van der Waals surface area contributed by atoms with Gasteiger partial charge in [0.05, 0.1) is 6.20 Å². The molecule has 0 aromatic carbocycles. The van der Waals surface area contributed by atoms with Crippen LogP contribution >= 0.6 is 0 Å². The van der Waals surface area contributed by atoms with Crippen molar-refractivity contribution in [2.75, 3.05) is 6.54 Å². The molecule has 0 aliphatic rings. The van der Waals surface area contributed by atoms with Crippen LogP contribution in [-0.4, -0.2) is 16.3 Å². The molecule has 1 heterocycles. The molecule has 104 valence electrons. The van der Waals surface area contributed by atoms with Crippen molar-refractivity contribution in [2.45, 2.75) is 53.5 Å². The Hall–Kier alpha value is -0.830. The lowest BCUT2D eigenvalue weighted by Crippen LogP contribution is -2.23. The van der Waals surface area contributed by atoms with E-state index in [2.05, 4.69) is 45.0 Å². The van der Waals surface area contributed by atoms with E-state index in [1.54, 1.807) is 0 Å². The van der Waals surface area contributed by atoms with Crippen molar-refractivity contribution in [1.29, 1.82) is 0 Å². The zero-order valence-corrected chi connectivity index (χ0v) is 12.8. The number of hydrogen-bond donors (Lipinski definition) is 1. The normalized spacial score (nSPS) is 15.1. The molecule has 0 aliphatic heterocycles. The summed E-state index contributed by atoms with van der Waals surface area (Å²) in [7, 11) is 2.01. The number of rotatable bonds is 7. The third-order valence-corrected chi connectivity index (χ3v) is 3.61. The molecule has 1 N–H and O–H groups in total. The summed E-state index contributed by atoms with van der Waals surface area (Å²) in [4.78, 5) is 0. The fraction of sp³-hybridized carbons (Fsp3) is 0.800. The first-order valence-electron chi connectivity index (χ1n) is 7.17. The van der Waals surface area contributed by atoms with Crippen LogP contribution in [0.3, 0.4) is 0 Å². The van der Waals surface area contributed by atoms with E-state index in [1.807, 2.05) is 17.9 Å². The predicted molar refractivity (Wildman–Crippen MR) is 77.6 cm³/mol. The molecule has 0 fully saturated rings. The van der Waals surface area contributed by atoms with E-state index in [-0.39, 0.29) is 0 Å². The van der Waals surface area contributed by atoms with Crippen LogP contribution in [0.1, 0.15) is 57.8 Å². The van der Waals surface area contributed by atoms with Gasteiger partial charge in [-0.3, -0.25) is 4.68 Å². The maximum Gasteiger partial charge on any atom is 0.0540 e. The summed E-state index contributed by atoms with van der Waals surface area (Å²) in [6, 6.07) is 0.442. The summed E-state index contributed by atoms with van der Waals surface area (Å²) in [5.41, 5.74) is 2.63. The summed E-state index contributed by atoms with van der Waals surface area (Å²) in [6.07, 6.45) is 4.50. The minimum absolute atomic E-state index is 0.442. The second kappa shape index (κ2) is 6.93. The lowest BCUT2D eigenvalue weighted by atomic mass is 9.90. The molecule has 1 aromatic heterocycles. The fourth-order valence-electron chi connectivity index (χ4n) is 2.73. The van der Waals surface area contributed by atoms with E-state index >= 15 is 0 Å². The van der Waals surface area contributed by atoms with Crippen molar-refractivity contribution < 1.29 is 0 Å². The number of aromatic nitrogens is 2. The Morgan fingerprint density at radius 1 is 1.28 bits per heavy atom. The number of aryl methyl sites for hydroxylation is 1. The average molecular weight is 251 g/mol. The Morgan fingerprint density at radius 2 is 1.94 bits per heavy atom. The van der Waals surface area contributed by atoms with Gasteiger partial charge in [-0.25, -0.2) is 0 Å². The first kappa shape index (κ1) is 15.2. The second-order valence-corrected chi connectivity index (χ2v) is 5.89. The van der Waals surface area contributed by atoms with E-state index in [0.717, 1.165) is 18.4 Å². The van der Waals surface area contributed by atoms with Gasteiger partial charge in [0.2, 0.25) is 0 Å². The van der Waals surface area contributed by atoms with Crippen molar-refractivity contribution in [3.8, 4) is 0 Å². The molecular formula is C15H29N3. The molecule has 0 aliphatic carbocycles. The molecular weight excluding hydrogens is 222 g/mol. The van der Waals surface area contributed by atoms with E-state index in [4.69, 9.17) is 0 Å². The monoisotopic (exact) mass is 251 g/mol. The Labute approximate surface area is 112 Å². The molecule has 0 spiro atoms. The molecule has 0 amide bonds. The molecule has 18 heavy (non-hydrogen) atoms. The van der Waals surface area contributed by atoms with Gasteiger partial charge in [0.25, 0.3) is 0 Å². The van der Waals surface area contributed by atoms with Crippen LogP contribution in [0.15, 0.2) is 6.20 Å². The van der Waals surface area contributed by atoms with Gasteiger partial charge in [0, 0.05) is 24.3 Å². The first-order valence-corrected chi connectivity index (χ1v) is 7.17. The van der Waals surface area contributed by atoms with Crippen molar-refractivity contribution in [1.82, 2.24) is 15.1 Å². The van der Waals surface area contributed by atoms with Gasteiger partial charge in [0.1, 0.15) is 0 Å². The molecule has 0 radical (unpaired) electrons. The van der Waals surface area contributed by atoms with Crippen molar-refractivity contribution in [3.63, 3.8) is 0 Å². The van der Waals surface area contributed by atoms with Crippen LogP contribution in [0.25, 0.3) is 0 Å². The zero-order valence-electron chi connectivity index (χ0n) is 12.8. The van der Waals surface area contributed by atoms with Crippen LogP contribution < -0.4 is 5.32 Å². The molecule has 3 nitrogen and oxygen atoms in total. The van der Waals surface area contributed by atoms with E-state index in [1.165, 1.54) is 24.1 Å². The number of nitrogens with zero attached hydrogens (tertiary/aromatic N) is 2. The first-order chi connectivity index (χ1) is 8.45. The Bertz CT molecular complexity index is 355. The van der Waals surface area contributed by atoms with Gasteiger partial charge in [-0.2, -0.15) is 5.10 Å². The van der Waals surface area contributed by atoms with Crippen LogP contribution in [0.5, 0.6) is 0 Å². The van der Waals surface area contributed by atoms with Crippen molar-refractivity contribution in [2.24, 2.45) is 18.9 Å². The summed E-state index contributed by atoms with van der Waals surface area (Å²) in [6.45, 7) is 12.3. The molecule has 0 saturated heterocycles. The summed E-state index contributed by atoms with van der Waals surface area (Å²) in [5, 5.41) is 7.97. The van der Waals surface area contributed by atoms with E-state index in [0.29, 0.717) is 6.04 Å². The van der Waals surface area contributed by atoms with Crippen LogP contribution in [-0.2, 0) is 7.05 Å². The quantitative estimate of drug-likeness (QED) is 0.804. The molecule has 2 unspecified atom stereocenters. The Kier molecular flexibility index (Phi) is 5.86. The minimum atomic E-state index is 0.442. The second-order valence-electron chi connectivity index (χ2n) is 5.89. The number of nitrogens with one attached hydrogen (secondary N) is 1.